The summed E-state index contributed by atoms with van der Waals surface area (Å²) in [5, 5.41) is 5.48. The molecule has 0 heterocycles. The van der Waals surface area contributed by atoms with Gasteiger partial charge in [-0.05, 0) is 24.3 Å². The fourth-order valence-corrected chi connectivity index (χ4v) is 1.37. The van der Waals surface area contributed by atoms with E-state index in [0.717, 1.165) is 12.1 Å². The first-order valence-electron chi connectivity index (χ1n) is 5.72. The summed E-state index contributed by atoms with van der Waals surface area (Å²) >= 11 is 0. The van der Waals surface area contributed by atoms with Crippen LogP contribution in [0.2, 0.25) is 0 Å². The molecule has 6 heteroatoms. The predicted octanol–water partition coefficient (Wildman–Crippen LogP) is 2.81. The lowest BCUT2D eigenvalue weighted by atomic mass is 10.2. The smallest absolute Gasteiger partial charge is 0.326 e. The van der Waals surface area contributed by atoms with Crippen LogP contribution in [0.5, 0.6) is 0 Å². The summed E-state index contributed by atoms with van der Waals surface area (Å²) < 4.78 is 37.0. The zero-order valence-corrected chi connectivity index (χ0v) is 10.3. The Morgan fingerprint density at radius 1 is 1.26 bits per heavy atom. The van der Waals surface area contributed by atoms with E-state index in [1.165, 1.54) is 12.1 Å². The third-order valence-corrected chi connectivity index (χ3v) is 2.31. The number of anilines is 1. The van der Waals surface area contributed by atoms with Crippen molar-refractivity contribution in [3.8, 4) is 0 Å². The molecule has 3 nitrogen and oxygen atoms in total. The maximum absolute atomic E-state index is 12.3. The molecule has 0 spiro atoms. The van der Waals surface area contributed by atoms with Crippen LogP contribution < -0.4 is 10.6 Å². The Balaban J connectivity index is 2.45. The van der Waals surface area contributed by atoms with Crippen LogP contribution in [0, 0.1) is 0 Å². The van der Waals surface area contributed by atoms with Crippen LogP contribution in [-0.2, 0) is 11.0 Å². The molecule has 0 saturated heterocycles. The summed E-state index contributed by atoms with van der Waals surface area (Å²) in [6, 6.07) is 4.34. The van der Waals surface area contributed by atoms with Crippen molar-refractivity contribution < 1.29 is 18.0 Å². The summed E-state index contributed by atoms with van der Waals surface area (Å²) in [7, 11) is 0. The molecule has 0 unspecified atom stereocenters. The molecule has 0 radical (unpaired) electrons. The van der Waals surface area contributed by atoms with Crippen molar-refractivity contribution in [1.29, 1.82) is 0 Å². The number of amides is 1. The van der Waals surface area contributed by atoms with Gasteiger partial charge in [-0.15, -0.1) is 6.58 Å². The van der Waals surface area contributed by atoms with Gasteiger partial charge in [-0.1, -0.05) is 6.08 Å². The largest absolute Gasteiger partial charge is 0.416 e. The van der Waals surface area contributed by atoms with E-state index in [1.807, 2.05) is 0 Å². The fraction of sp³-hybridized carbons (Fsp3) is 0.308. The molecule has 1 amide bonds. The Morgan fingerprint density at radius 3 is 2.42 bits per heavy atom. The molecule has 0 fully saturated rings. The topological polar surface area (TPSA) is 41.1 Å². The molecular weight excluding hydrogens is 257 g/mol. The summed E-state index contributed by atoms with van der Waals surface area (Å²) in [5.74, 6) is -0.253. The first-order chi connectivity index (χ1) is 8.93. The molecule has 1 aromatic carbocycles. The minimum Gasteiger partial charge on any atom is -0.326 e. The van der Waals surface area contributed by atoms with E-state index >= 15 is 0 Å². The normalized spacial score (nSPS) is 11.1. The minimum atomic E-state index is -4.36. The lowest BCUT2D eigenvalue weighted by Gasteiger charge is -2.09. The van der Waals surface area contributed by atoms with E-state index in [4.69, 9.17) is 0 Å². The number of hydrogen-bond donors (Lipinski definition) is 2. The molecule has 0 aliphatic heterocycles. The van der Waals surface area contributed by atoms with Crippen LogP contribution in [-0.4, -0.2) is 19.0 Å². The average Bonchev–Trinajstić information content (AvgIpc) is 2.34. The maximum Gasteiger partial charge on any atom is 0.416 e. The molecule has 1 rings (SSSR count). The van der Waals surface area contributed by atoms with Crippen molar-refractivity contribution >= 4 is 11.6 Å². The van der Waals surface area contributed by atoms with E-state index in [2.05, 4.69) is 17.2 Å². The first-order valence-corrected chi connectivity index (χ1v) is 5.72. The number of carbonyl (C=O) groups excluding carboxylic acids is 1. The summed E-state index contributed by atoms with van der Waals surface area (Å²) in [6.45, 7) is 4.61. The number of halogens is 3. The monoisotopic (exact) mass is 272 g/mol. The van der Waals surface area contributed by atoms with E-state index in [-0.39, 0.29) is 12.3 Å². The van der Waals surface area contributed by atoms with Gasteiger partial charge in [0, 0.05) is 25.2 Å². The number of nitrogens with one attached hydrogen (secondary N) is 2. The van der Waals surface area contributed by atoms with Crippen molar-refractivity contribution in [2.45, 2.75) is 12.6 Å². The van der Waals surface area contributed by atoms with E-state index in [0.29, 0.717) is 18.8 Å². The zero-order chi connectivity index (χ0) is 14.3. The molecule has 2 N–H and O–H groups in total. The molecule has 0 aliphatic carbocycles. The molecule has 1 aromatic rings. The van der Waals surface area contributed by atoms with Crippen LogP contribution in [0.4, 0.5) is 18.9 Å². The minimum absolute atomic E-state index is 0.245. The number of hydrogen-bond acceptors (Lipinski definition) is 2. The van der Waals surface area contributed by atoms with Gasteiger partial charge < -0.3 is 10.6 Å². The lowest BCUT2D eigenvalue weighted by molar-refractivity contribution is -0.137. The third kappa shape index (κ3) is 5.56. The van der Waals surface area contributed by atoms with E-state index in [9.17, 15) is 18.0 Å². The second-order valence-electron chi connectivity index (χ2n) is 3.87. The molecule has 104 valence electrons. The summed E-state index contributed by atoms with van der Waals surface area (Å²) in [6.07, 6.45) is -2.44. The van der Waals surface area contributed by atoms with Crippen molar-refractivity contribution in [2.75, 3.05) is 18.4 Å². The van der Waals surface area contributed by atoms with Gasteiger partial charge in [-0.25, -0.2) is 0 Å². The molecule has 0 aliphatic rings. The molecule has 0 saturated carbocycles. The lowest BCUT2D eigenvalue weighted by Crippen LogP contribution is -2.21. The maximum atomic E-state index is 12.3. The molecule has 19 heavy (non-hydrogen) atoms. The molecule has 0 bridgehead atoms. The Morgan fingerprint density at radius 2 is 1.89 bits per heavy atom. The standard InChI is InChI=1S/C13H15F3N2O/c1-2-8-17-9-7-12(19)18-11-5-3-10(4-6-11)13(14,15)16/h2-6,17H,1,7-9H2,(H,18,19). The number of alkyl halides is 3. The Kier molecular flexibility index (Phi) is 5.57. The van der Waals surface area contributed by atoms with Crippen LogP contribution >= 0.6 is 0 Å². The fourth-order valence-electron chi connectivity index (χ4n) is 1.37. The van der Waals surface area contributed by atoms with Gasteiger partial charge >= 0.3 is 6.18 Å². The number of benzene rings is 1. The van der Waals surface area contributed by atoms with Crippen LogP contribution in [0.3, 0.4) is 0 Å². The molecule has 0 atom stereocenters. The van der Waals surface area contributed by atoms with Gasteiger partial charge in [-0.2, -0.15) is 13.2 Å². The van der Waals surface area contributed by atoms with Crippen molar-refractivity contribution in [3.63, 3.8) is 0 Å². The SMILES string of the molecule is C=CCNCCC(=O)Nc1ccc(C(F)(F)F)cc1. The van der Waals surface area contributed by atoms with Crippen LogP contribution in [0.1, 0.15) is 12.0 Å². The zero-order valence-electron chi connectivity index (χ0n) is 10.3. The van der Waals surface area contributed by atoms with Crippen molar-refractivity contribution in [2.24, 2.45) is 0 Å². The Bertz CT molecular complexity index is 427. The van der Waals surface area contributed by atoms with Crippen LogP contribution in [0.25, 0.3) is 0 Å². The highest BCUT2D eigenvalue weighted by molar-refractivity contribution is 5.90. The predicted molar refractivity (Wildman–Crippen MR) is 67.8 cm³/mol. The second kappa shape index (κ2) is 6.94. The Hall–Kier alpha value is -1.82. The van der Waals surface area contributed by atoms with Gasteiger partial charge in [0.2, 0.25) is 5.91 Å². The first kappa shape index (κ1) is 15.2. The molecular formula is C13H15F3N2O. The quantitative estimate of drug-likeness (QED) is 0.617. The third-order valence-electron chi connectivity index (χ3n) is 2.31. The molecule has 0 aromatic heterocycles. The van der Waals surface area contributed by atoms with E-state index < -0.39 is 11.7 Å². The highest BCUT2D eigenvalue weighted by Crippen LogP contribution is 2.29. The van der Waals surface area contributed by atoms with Gasteiger partial charge in [0.05, 0.1) is 5.56 Å². The highest BCUT2D eigenvalue weighted by Gasteiger charge is 2.29. The number of carbonyl (C=O) groups is 1. The Labute approximate surface area is 109 Å². The van der Waals surface area contributed by atoms with Crippen molar-refractivity contribution in [1.82, 2.24) is 5.32 Å². The van der Waals surface area contributed by atoms with Crippen LogP contribution in [0.15, 0.2) is 36.9 Å². The summed E-state index contributed by atoms with van der Waals surface area (Å²) in [5.41, 5.74) is -0.389. The number of rotatable bonds is 6. The van der Waals surface area contributed by atoms with Gasteiger partial charge in [0.25, 0.3) is 0 Å². The van der Waals surface area contributed by atoms with Gasteiger partial charge in [0.1, 0.15) is 0 Å². The van der Waals surface area contributed by atoms with Gasteiger partial charge in [-0.3, -0.25) is 4.79 Å². The highest BCUT2D eigenvalue weighted by atomic mass is 19.4. The van der Waals surface area contributed by atoms with Gasteiger partial charge in [0.15, 0.2) is 0 Å². The summed E-state index contributed by atoms with van der Waals surface area (Å²) in [4.78, 5) is 11.5. The average molecular weight is 272 g/mol. The van der Waals surface area contributed by atoms with E-state index in [1.54, 1.807) is 6.08 Å². The second-order valence-corrected chi connectivity index (χ2v) is 3.87. The van der Waals surface area contributed by atoms with Crippen molar-refractivity contribution in [3.05, 3.63) is 42.5 Å².